The second-order valence-corrected chi connectivity index (χ2v) is 13.2. The zero-order chi connectivity index (χ0) is 36.8. The van der Waals surface area contributed by atoms with Gasteiger partial charge in [0.05, 0.1) is 64.7 Å². The van der Waals surface area contributed by atoms with E-state index in [4.69, 9.17) is 23.7 Å². The molecule has 0 aromatic carbocycles. The Hall–Kier alpha value is -3.38. The summed E-state index contributed by atoms with van der Waals surface area (Å²) in [6, 6.07) is 10.3. The molecular formula is C34H53N5O10S. The summed E-state index contributed by atoms with van der Waals surface area (Å²) >= 11 is 1.61. The molecule has 0 bridgehead atoms. The van der Waals surface area contributed by atoms with Gasteiger partial charge in [0.15, 0.2) is 0 Å². The first-order valence-electron chi connectivity index (χ1n) is 16.5. The van der Waals surface area contributed by atoms with Gasteiger partial charge in [0.2, 0.25) is 0 Å². The van der Waals surface area contributed by atoms with Crippen LogP contribution in [0.25, 0.3) is 0 Å². The van der Waals surface area contributed by atoms with Gasteiger partial charge in [0.1, 0.15) is 17.0 Å². The predicted molar refractivity (Wildman–Crippen MR) is 188 cm³/mol. The third-order valence-electron chi connectivity index (χ3n) is 6.84. The average Bonchev–Trinajstić information content (AvgIpc) is 3.08. The molecule has 2 aromatic heterocycles. The summed E-state index contributed by atoms with van der Waals surface area (Å²) in [5.74, 6) is 0.204. The highest BCUT2D eigenvalue weighted by Gasteiger charge is 2.17. The maximum absolute atomic E-state index is 12.0. The van der Waals surface area contributed by atoms with Crippen LogP contribution in [0.1, 0.15) is 53.1 Å². The summed E-state index contributed by atoms with van der Waals surface area (Å²) in [7, 11) is 2.61. The molecule has 0 radical (unpaired) electrons. The Morgan fingerprint density at radius 3 is 1.88 bits per heavy atom. The lowest BCUT2D eigenvalue weighted by Gasteiger charge is -2.24. The number of hydrogen-bond acceptors (Lipinski definition) is 15. The maximum atomic E-state index is 12.0. The standard InChI is InChI=1S/C34H53N5O10S/c1-34(2,3)49-33(44)35-12-21-50-25-28(48-20-16-39(14-18-41)23-27-9-7-11-30(37-27)32(43)46-5)24-47-19-15-38(13-17-40)22-26-8-6-10-29(36-26)31(42)45-4/h6-11,28,40-41H,12-25H2,1-5H3,(H,35,44)/t28-/m0/s1. The molecule has 0 spiro atoms. The SMILES string of the molecule is COC(=O)c1cccc(CN(CCO)CCOC[C@@H](CSCCNC(=O)OC(C)(C)C)OCCN(CCO)Cc2cccc(C(=O)OC)n2)n1. The number of hydrogen-bond donors (Lipinski definition) is 3. The van der Waals surface area contributed by atoms with Crippen LogP contribution in [0.15, 0.2) is 36.4 Å². The molecule has 50 heavy (non-hydrogen) atoms. The molecule has 16 heteroatoms. The van der Waals surface area contributed by atoms with Crippen LogP contribution in [0.2, 0.25) is 0 Å². The Kier molecular flexibility index (Phi) is 20.5. The lowest BCUT2D eigenvalue weighted by Crippen LogP contribution is -2.35. The number of methoxy groups -OCH3 is 2. The van der Waals surface area contributed by atoms with Crippen LogP contribution >= 0.6 is 11.8 Å². The van der Waals surface area contributed by atoms with E-state index in [9.17, 15) is 24.6 Å². The van der Waals surface area contributed by atoms with Crippen LogP contribution < -0.4 is 5.32 Å². The first kappa shape index (κ1) is 42.8. The van der Waals surface area contributed by atoms with Gasteiger partial charge in [-0.3, -0.25) is 9.80 Å². The van der Waals surface area contributed by atoms with Gasteiger partial charge < -0.3 is 39.2 Å². The molecular weight excluding hydrogens is 670 g/mol. The third-order valence-corrected chi connectivity index (χ3v) is 7.94. The van der Waals surface area contributed by atoms with E-state index in [0.717, 1.165) is 0 Å². The highest BCUT2D eigenvalue weighted by molar-refractivity contribution is 7.99. The number of nitrogens with one attached hydrogen (secondary N) is 1. The maximum Gasteiger partial charge on any atom is 0.407 e. The number of thioether (sulfide) groups is 1. The van der Waals surface area contributed by atoms with Gasteiger partial charge in [-0.25, -0.2) is 24.4 Å². The topological polar surface area (TPSA) is 182 Å². The fraction of sp³-hybridized carbons (Fsp3) is 0.618. The van der Waals surface area contributed by atoms with E-state index >= 15 is 0 Å². The minimum Gasteiger partial charge on any atom is -0.464 e. The number of aliphatic hydroxyl groups is 2. The molecule has 0 unspecified atom stereocenters. The summed E-state index contributed by atoms with van der Waals surface area (Å²) in [5, 5.41) is 22.0. The van der Waals surface area contributed by atoms with Crippen molar-refractivity contribution < 1.29 is 48.3 Å². The van der Waals surface area contributed by atoms with Gasteiger partial charge in [0.25, 0.3) is 0 Å². The molecule has 15 nitrogen and oxygen atoms in total. The van der Waals surface area contributed by atoms with Gasteiger partial charge in [0, 0.05) is 57.3 Å². The monoisotopic (exact) mass is 723 g/mol. The molecule has 0 fully saturated rings. The highest BCUT2D eigenvalue weighted by Crippen LogP contribution is 2.11. The molecule has 0 saturated heterocycles. The van der Waals surface area contributed by atoms with E-state index in [1.807, 2.05) is 42.7 Å². The fourth-order valence-corrected chi connectivity index (χ4v) is 5.38. The van der Waals surface area contributed by atoms with Crippen molar-refractivity contribution in [1.29, 1.82) is 0 Å². The quantitative estimate of drug-likeness (QED) is 0.0812. The molecule has 1 amide bonds. The summed E-state index contributed by atoms with van der Waals surface area (Å²) in [6.07, 6.45) is -0.743. The van der Waals surface area contributed by atoms with Crippen molar-refractivity contribution in [2.24, 2.45) is 0 Å². The fourth-order valence-electron chi connectivity index (χ4n) is 4.51. The lowest BCUT2D eigenvalue weighted by atomic mass is 10.2. The normalized spacial score (nSPS) is 12.2. The van der Waals surface area contributed by atoms with E-state index in [-0.39, 0.29) is 30.7 Å². The average molecular weight is 724 g/mol. The van der Waals surface area contributed by atoms with E-state index in [1.165, 1.54) is 14.2 Å². The van der Waals surface area contributed by atoms with Crippen molar-refractivity contribution in [3.63, 3.8) is 0 Å². The zero-order valence-electron chi connectivity index (χ0n) is 29.8. The van der Waals surface area contributed by atoms with Gasteiger partial charge in [-0.15, -0.1) is 0 Å². The van der Waals surface area contributed by atoms with Crippen molar-refractivity contribution >= 4 is 29.8 Å². The van der Waals surface area contributed by atoms with Crippen molar-refractivity contribution in [3.05, 3.63) is 59.2 Å². The first-order chi connectivity index (χ1) is 24.0. The lowest BCUT2D eigenvalue weighted by molar-refractivity contribution is -0.0175. The second kappa shape index (κ2) is 23.9. The van der Waals surface area contributed by atoms with E-state index in [0.29, 0.717) is 88.5 Å². The number of ether oxygens (including phenoxy) is 5. The van der Waals surface area contributed by atoms with Gasteiger partial charge in [-0.2, -0.15) is 11.8 Å². The molecule has 2 rings (SSSR count). The van der Waals surface area contributed by atoms with Crippen LogP contribution in [0.3, 0.4) is 0 Å². The number of carbonyl (C=O) groups excluding carboxylic acids is 3. The van der Waals surface area contributed by atoms with Gasteiger partial charge in [-0.05, 0) is 45.0 Å². The molecule has 2 aromatic rings. The molecule has 2 heterocycles. The Morgan fingerprint density at radius 1 is 0.840 bits per heavy atom. The number of aromatic nitrogens is 2. The van der Waals surface area contributed by atoms with E-state index < -0.39 is 23.6 Å². The number of rotatable bonds is 24. The molecule has 0 aliphatic rings. The minimum atomic E-state index is -0.575. The minimum absolute atomic E-state index is 0.0523. The van der Waals surface area contributed by atoms with Crippen LogP contribution in [0.4, 0.5) is 4.79 Å². The van der Waals surface area contributed by atoms with Crippen molar-refractivity contribution in [1.82, 2.24) is 25.1 Å². The number of nitrogens with zero attached hydrogens (tertiary/aromatic N) is 4. The number of aliphatic hydroxyl groups excluding tert-OH is 2. The van der Waals surface area contributed by atoms with Crippen molar-refractivity contribution in [2.75, 3.05) is 91.5 Å². The van der Waals surface area contributed by atoms with E-state index in [1.54, 1.807) is 36.0 Å². The van der Waals surface area contributed by atoms with E-state index in [2.05, 4.69) is 15.3 Å². The molecule has 0 saturated carbocycles. The summed E-state index contributed by atoms with van der Waals surface area (Å²) in [5.41, 5.74) is 1.18. The third kappa shape index (κ3) is 18.0. The number of amides is 1. The van der Waals surface area contributed by atoms with Crippen LogP contribution in [-0.4, -0.2) is 151 Å². The predicted octanol–water partition coefficient (Wildman–Crippen LogP) is 2.00. The Labute approximate surface area is 299 Å². The number of pyridine rings is 2. The molecule has 0 aliphatic carbocycles. The number of alkyl carbamates (subject to hydrolysis) is 1. The summed E-state index contributed by atoms with van der Waals surface area (Å²) in [6.45, 7) is 9.35. The van der Waals surface area contributed by atoms with Crippen molar-refractivity contribution in [3.8, 4) is 0 Å². The molecule has 1 atom stereocenters. The largest absolute Gasteiger partial charge is 0.464 e. The second-order valence-electron chi connectivity index (χ2n) is 12.1. The first-order valence-corrected chi connectivity index (χ1v) is 17.6. The summed E-state index contributed by atoms with van der Waals surface area (Å²) in [4.78, 5) is 48.5. The zero-order valence-corrected chi connectivity index (χ0v) is 30.6. The highest BCUT2D eigenvalue weighted by atomic mass is 32.2. The molecule has 280 valence electrons. The smallest absolute Gasteiger partial charge is 0.407 e. The van der Waals surface area contributed by atoms with Crippen LogP contribution in [0, 0.1) is 0 Å². The summed E-state index contributed by atoms with van der Waals surface area (Å²) < 4.78 is 27.1. The Bertz CT molecular complexity index is 1300. The Balaban J connectivity index is 1.95. The van der Waals surface area contributed by atoms with Crippen molar-refractivity contribution in [2.45, 2.75) is 45.6 Å². The van der Waals surface area contributed by atoms with Crippen LogP contribution in [-0.2, 0) is 36.8 Å². The Morgan fingerprint density at radius 2 is 1.38 bits per heavy atom. The molecule has 0 aliphatic heterocycles. The van der Waals surface area contributed by atoms with Gasteiger partial charge >= 0.3 is 18.0 Å². The molecule has 3 N–H and O–H groups in total. The van der Waals surface area contributed by atoms with Gasteiger partial charge in [-0.1, -0.05) is 12.1 Å². The number of carbonyl (C=O) groups is 3. The van der Waals surface area contributed by atoms with Crippen LogP contribution in [0.5, 0.6) is 0 Å². The number of esters is 2.